The van der Waals surface area contributed by atoms with Crippen molar-refractivity contribution in [2.45, 2.75) is 0 Å². The van der Waals surface area contributed by atoms with Gasteiger partial charge in [-0.15, -0.1) is 0 Å². The molecule has 0 aliphatic heterocycles. The third-order valence-electron chi connectivity index (χ3n) is 0. The molecule has 0 atom stereocenters. The van der Waals surface area contributed by atoms with Crippen molar-refractivity contribution in [2.24, 2.45) is 0 Å². The molecule has 0 aromatic heterocycles. The zero-order chi connectivity index (χ0) is 3.58. The smallest absolute Gasteiger partial charge is 0.511 e. The second-order valence-corrected chi connectivity index (χ2v) is 0.848. The van der Waals surface area contributed by atoms with E-state index in [-0.39, 0.29) is 39.7 Å². The fraction of sp³-hybridized carbons (Fsp3) is 0. The standard InChI is InChI=1S/Al.H2O3Si.Ta.3H/c;1-4(2)3;;;;/h;1-2H;;;;. The molecule has 3 nitrogen and oxygen atoms in total. The van der Waals surface area contributed by atoms with Crippen LogP contribution in [0.3, 0.4) is 0 Å². The van der Waals surface area contributed by atoms with Crippen LogP contribution in [0.15, 0.2) is 0 Å². The fourth-order valence-corrected chi connectivity index (χ4v) is 0. The van der Waals surface area contributed by atoms with Crippen LogP contribution in [0.1, 0.15) is 0 Å². The monoisotopic (exact) mass is 289 g/mol. The van der Waals surface area contributed by atoms with Crippen LogP contribution in [0, 0.1) is 0 Å². The minimum Gasteiger partial charge on any atom is -0.511 e. The molecule has 35 valence electrons. The summed E-state index contributed by atoms with van der Waals surface area (Å²) in [6, 6.07) is 0. The molecule has 2 N–H and O–H groups in total. The first-order valence-corrected chi connectivity index (χ1v) is 1.95. The first-order valence-electron chi connectivity index (χ1n) is 0.651. The first-order chi connectivity index (χ1) is 1.73. The Bertz CT molecular complexity index is 33.8. The Hall–Kier alpha value is 0.890. The van der Waals surface area contributed by atoms with Gasteiger partial charge in [0.05, 0.1) is 0 Å². The van der Waals surface area contributed by atoms with Gasteiger partial charge in [0.25, 0.3) is 0 Å². The van der Waals surface area contributed by atoms with E-state index in [1.54, 1.807) is 0 Å². The van der Waals surface area contributed by atoms with E-state index in [2.05, 4.69) is 0 Å². The van der Waals surface area contributed by atoms with Gasteiger partial charge in [-0.25, -0.2) is 0 Å². The molecule has 0 heterocycles. The number of rotatable bonds is 0. The quantitative estimate of drug-likeness (QED) is 0.474. The van der Waals surface area contributed by atoms with Gasteiger partial charge in [0.2, 0.25) is 0 Å². The summed E-state index contributed by atoms with van der Waals surface area (Å²) in [6.45, 7) is 0. The SMILES string of the molecule is O=[Si](O)O.[AlH3].[Ta]. The van der Waals surface area contributed by atoms with Gasteiger partial charge < -0.3 is 9.59 Å². The largest absolute Gasteiger partial charge is 0.761 e. The molecule has 0 aliphatic rings. The van der Waals surface area contributed by atoms with Crippen LogP contribution < -0.4 is 0 Å². The van der Waals surface area contributed by atoms with Crippen LogP contribution in [0.5, 0.6) is 0 Å². The van der Waals surface area contributed by atoms with Crippen molar-refractivity contribution in [1.29, 1.82) is 0 Å². The summed E-state index contributed by atoms with van der Waals surface area (Å²) in [5.41, 5.74) is 0. The van der Waals surface area contributed by atoms with Crippen LogP contribution >= 0.6 is 0 Å². The van der Waals surface area contributed by atoms with Crippen LogP contribution in [0.4, 0.5) is 0 Å². The molecule has 0 aromatic rings. The Balaban J connectivity index is -0.0000000450. The van der Waals surface area contributed by atoms with Crippen molar-refractivity contribution in [3.05, 3.63) is 0 Å². The molecule has 6 heavy (non-hydrogen) atoms. The Labute approximate surface area is 62.9 Å². The van der Waals surface area contributed by atoms with Gasteiger partial charge in [-0.3, -0.25) is 4.46 Å². The molecular formula is H5AlO3SiTa. The van der Waals surface area contributed by atoms with E-state index in [9.17, 15) is 0 Å². The van der Waals surface area contributed by atoms with Crippen molar-refractivity contribution in [2.75, 3.05) is 0 Å². The molecule has 0 aliphatic carbocycles. The predicted octanol–water partition coefficient (Wildman–Crippen LogP) is -2.80. The minimum atomic E-state index is -3.13. The Kier molecular flexibility index (Phi) is 24.5. The van der Waals surface area contributed by atoms with Crippen molar-refractivity contribution in [3.8, 4) is 0 Å². The zero-order valence-corrected chi connectivity index (χ0v) is 6.46. The van der Waals surface area contributed by atoms with E-state index in [4.69, 9.17) is 14.1 Å². The second kappa shape index (κ2) is 9.31. The summed E-state index contributed by atoms with van der Waals surface area (Å²) in [6.07, 6.45) is 0. The van der Waals surface area contributed by atoms with Crippen LogP contribution in [0.2, 0.25) is 0 Å². The maximum atomic E-state index is 8.74. The summed E-state index contributed by atoms with van der Waals surface area (Å²) in [4.78, 5) is 14.3. The van der Waals surface area contributed by atoms with Gasteiger partial charge in [0, 0.05) is 22.4 Å². The molecule has 0 spiro atoms. The summed E-state index contributed by atoms with van der Waals surface area (Å²) in [5, 5.41) is 0. The Morgan fingerprint density at radius 3 is 1.33 bits per heavy atom. The molecule has 6 heteroatoms. The topological polar surface area (TPSA) is 57.5 Å². The van der Waals surface area contributed by atoms with E-state index in [1.807, 2.05) is 0 Å². The normalized spacial score (nSPS) is 4.00. The van der Waals surface area contributed by atoms with Crippen molar-refractivity contribution in [1.82, 2.24) is 0 Å². The maximum absolute atomic E-state index is 8.74. The summed E-state index contributed by atoms with van der Waals surface area (Å²) >= 11 is 0. The van der Waals surface area contributed by atoms with E-state index >= 15 is 0 Å². The van der Waals surface area contributed by atoms with Crippen LogP contribution in [-0.2, 0) is 26.8 Å². The van der Waals surface area contributed by atoms with Gasteiger partial charge in [-0.2, -0.15) is 0 Å². The molecule has 0 unspecified atom stereocenters. The molecule has 0 bridgehead atoms. The second-order valence-electron chi connectivity index (χ2n) is 0.283. The van der Waals surface area contributed by atoms with Crippen molar-refractivity contribution >= 4 is 26.5 Å². The van der Waals surface area contributed by atoms with E-state index in [1.165, 1.54) is 0 Å². The average Bonchev–Trinajstić information content (AvgIpc) is 0.811. The molecular weight excluding hydrogens is 284 g/mol. The third kappa shape index (κ3) is 93.5. The van der Waals surface area contributed by atoms with Crippen LogP contribution in [-0.4, -0.2) is 36.1 Å². The van der Waals surface area contributed by atoms with E-state index in [0.717, 1.165) is 0 Å². The molecule has 0 amide bonds. The van der Waals surface area contributed by atoms with E-state index in [0.29, 0.717) is 0 Å². The predicted molar refractivity (Wildman–Crippen MR) is 20.8 cm³/mol. The molecule has 0 saturated heterocycles. The summed E-state index contributed by atoms with van der Waals surface area (Å²) in [5.74, 6) is 0. The molecule has 0 rings (SSSR count). The van der Waals surface area contributed by atoms with Crippen molar-refractivity contribution in [3.63, 3.8) is 0 Å². The first kappa shape index (κ1) is 15.8. The maximum Gasteiger partial charge on any atom is 0.761 e. The van der Waals surface area contributed by atoms with Gasteiger partial charge in [0.1, 0.15) is 0 Å². The summed E-state index contributed by atoms with van der Waals surface area (Å²) in [7, 11) is -3.13. The zero-order valence-electron chi connectivity index (χ0n) is 2.25. The average molecular weight is 289 g/mol. The Morgan fingerprint density at radius 1 is 1.33 bits per heavy atom. The van der Waals surface area contributed by atoms with Crippen LogP contribution in [0.25, 0.3) is 0 Å². The molecule has 0 fully saturated rings. The fourth-order valence-electron chi connectivity index (χ4n) is 0. The minimum absolute atomic E-state index is 0. The van der Waals surface area contributed by atoms with Gasteiger partial charge in [-0.1, -0.05) is 0 Å². The van der Waals surface area contributed by atoms with Crippen molar-refractivity contribution < 1.29 is 36.4 Å². The van der Waals surface area contributed by atoms with E-state index < -0.39 is 9.17 Å². The van der Waals surface area contributed by atoms with Gasteiger partial charge in [0.15, 0.2) is 17.4 Å². The molecule has 1 radical (unpaired) electrons. The molecule has 0 aromatic carbocycles. The number of hydrogen-bond acceptors (Lipinski definition) is 1. The Morgan fingerprint density at radius 2 is 1.33 bits per heavy atom. The van der Waals surface area contributed by atoms with Gasteiger partial charge >= 0.3 is 9.17 Å². The molecule has 0 saturated carbocycles. The summed E-state index contributed by atoms with van der Waals surface area (Å²) < 4.78 is 8.74. The number of hydrogen-bond donors (Lipinski definition) is 2. The van der Waals surface area contributed by atoms with Gasteiger partial charge in [-0.05, 0) is 0 Å². The third-order valence-corrected chi connectivity index (χ3v) is 0.